The van der Waals surface area contributed by atoms with Gasteiger partial charge < -0.3 is 9.88 Å². The van der Waals surface area contributed by atoms with Gasteiger partial charge >= 0.3 is 0 Å². The minimum atomic E-state index is -0.332. The fourth-order valence-electron chi connectivity index (χ4n) is 2.72. The second-order valence-electron chi connectivity index (χ2n) is 6.56. The maximum atomic E-state index is 12.6. The van der Waals surface area contributed by atoms with Crippen LogP contribution >= 0.6 is 35.0 Å². The first kappa shape index (κ1) is 17.2. The van der Waals surface area contributed by atoms with Crippen molar-refractivity contribution in [3.8, 4) is 0 Å². The van der Waals surface area contributed by atoms with Crippen LogP contribution in [0.25, 0.3) is 0 Å². The summed E-state index contributed by atoms with van der Waals surface area (Å²) in [7, 11) is 0. The lowest BCUT2D eigenvalue weighted by Gasteiger charge is -2.14. The van der Waals surface area contributed by atoms with Gasteiger partial charge in [0.15, 0.2) is 5.16 Å². The van der Waals surface area contributed by atoms with Crippen LogP contribution in [0, 0.1) is 0 Å². The molecule has 132 valence electrons. The molecule has 2 aliphatic rings. The molecule has 2 aliphatic carbocycles. The normalized spacial score (nSPS) is 18.2. The van der Waals surface area contributed by atoms with Crippen molar-refractivity contribution >= 4 is 46.6 Å². The Balaban J connectivity index is 1.48. The number of nitrogens with one attached hydrogen (secondary N) is 1. The highest BCUT2D eigenvalue weighted by atomic mass is 35.5. The summed E-state index contributed by atoms with van der Waals surface area (Å²) in [6, 6.07) is 5.65. The average Bonchev–Trinajstić information content (AvgIpc) is 3.50. The molecule has 2 aromatic rings. The third-order valence-corrected chi connectivity index (χ3v) is 6.09. The summed E-state index contributed by atoms with van der Waals surface area (Å²) in [5.74, 6) is 1.48. The Kier molecular flexibility index (Phi) is 4.69. The lowest BCUT2D eigenvalue weighted by molar-refractivity contribution is -0.115. The van der Waals surface area contributed by atoms with E-state index in [1.807, 2.05) is 6.92 Å². The average molecular weight is 397 g/mol. The van der Waals surface area contributed by atoms with Gasteiger partial charge in [0.2, 0.25) is 5.91 Å². The van der Waals surface area contributed by atoms with Gasteiger partial charge in [-0.1, -0.05) is 41.0 Å². The first-order valence-corrected chi connectivity index (χ1v) is 10.0. The molecular weight excluding hydrogens is 379 g/mol. The highest BCUT2D eigenvalue weighted by Crippen LogP contribution is 2.46. The lowest BCUT2D eigenvalue weighted by Crippen LogP contribution is -2.23. The minimum Gasteiger partial charge on any atom is -0.323 e. The van der Waals surface area contributed by atoms with Crippen LogP contribution in [-0.4, -0.2) is 25.9 Å². The fraction of sp³-hybridized carbons (Fsp3) is 0.471. The number of anilines is 1. The molecule has 25 heavy (non-hydrogen) atoms. The summed E-state index contributed by atoms with van der Waals surface area (Å²) in [6.07, 6.45) is 4.72. The SMILES string of the molecule is C[C@H](Sc1nnc(C2CC2)n1C1CC1)C(=O)Nc1c(Cl)cccc1Cl. The molecule has 8 heteroatoms. The van der Waals surface area contributed by atoms with Gasteiger partial charge in [-0.05, 0) is 44.7 Å². The third kappa shape index (κ3) is 3.66. The summed E-state index contributed by atoms with van der Waals surface area (Å²) >= 11 is 13.7. The number of hydrogen-bond donors (Lipinski definition) is 1. The molecule has 1 amide bonds. The van der Waals surface area contributed by atoms with Crippen LogP contribution in [0.2, 0.25) is 10.0 Å². The number of carbonyl (C=O) groups excluding carboxylic acids is 1. The molecular formula is C17H18Cl2N4OS. The number of para-hydroxylation sites is 1. The van der Waals surface area contributed by atoms with E-state index < -0.39 is 0 Å². The zero-order valence-corrected chi connectivity index (χ0v) is 16.0. The topological polar surface area (TPSA) is 59.8 Å². The third-order valence-electron chi connectivity index (χ3n) is 4.41. The van der Waals surface area contributed by atoms with E-state index in [9.17, 15) is 4.79 Å². The van der Waals surface area contributed by atoms with E-state index in [1.54, 1.807) is 18.2 Å². The van der Waals surface area contributed by atoms with Crippen LogP contribution in [0.3, 0.4) is 0 Å². The Morgan fingerprint density at radius 1 is 1.24 bits per heavy atom. The predicted molar refractivity (Wildman–Crippen MR) is 101 cm³/mol. The van der Waals surface area contributed by atoms with Crippen molar-refractivity contribution in [1.29, 1.82) is 0 Å². The molecule has 1 heterocycles. The Bertz CT molecular complexity index is 797. The highest BCUT2D eigenvalue weighted by molar-refractivity contribution is 8.00. The largest absolute Gasteiger partial charge is 0.323 e. The van der Waals surface area contributed by atoms with E-state index in [0.29, 0.717) is 27.7 Å². The van der Waals surface area contributed by atoms with Gasteiger partial charge in [0, 0.05) is 12.0 Å². The number of nitrogens with zero attached hydrogens (tertiary/aromatic N) is 3. The van der Waals surface area contributed by atoms with Gasteiger partial charge in [-0.3, -0.25) is 4.79 Å². The van der Waals surface area contributed by atoms with Crippen LogP contribution in [0.4, 0.5) is 5.69 Å². The highest BCUT2D eigenvalue weighted by Gasteiger charge is 2.37. The zero-order chi connectivity index (χ0) is 17.6. The molecule has 0 saturated heterocycles. The fourth-order valence-corrected chi connectivity index (χ4v) is 4.14. The lowest BCUT2D eigenvalue weighted by atomic mass is 10.3. The molecule has 4 rings (SSSR count). The molecule has 0 radical (unpaired) electrons. The van der Waals surface area contributed by atoms with Crippen molar-refractivity contribution in [3.63, 3.8) is 0 Å². The summed E-state index contributed by atoms with van der Waals surface area (Å²) < 4.78 is 2.24. The molecule has 2 fully saturated rings. The van der Waals surface area contributed by atoms with Gasteiger partial charge in [0.1, 0.15) is 5.82 Å². The number of amides is 1. The Morgan fingerprint density at radius 2 is 1.92 bits per heavy atom. The zero-order valence-electron chi connectivity index (χ0n) is 13.7. The number of halogens is 2. The molecule has 0 bridgehead atoms. The molecule has 0 unspecified atom stereocenters. The number of carbonyl (C=O) groups is 1. The summed E-state index contributed by atoms with van der Waals surface area (Å²) in [5.41, 5.74) is 0.450. The van der Waals surface area contributed by atoms with Crippen molar-refractivity contribution in [2.45, 2.75) is 55.0 Å². The predicted octanol–water partition coefficient (Wildman–Crippen LogP) is 4.92. The van der Waals surface area contributed by atoms with Crippen LogP contribution < -0.4 is 5.32 Å². The van der Waals surface area contributed by atoms with Crippen molar-refractivity contribution in [3.05, 3.63) is 34.1 Å². The van der Waals surface area contributed by atoms with Gasteiger partial charge in [-0.25, -0.2) is 0 Å². The minimum absolute atomic E-state index is 0.154. The molecule has 2 saturated carbocycles. The van der Waals surface area contributed by atoms with E-state index in [1.165, 1.54) is 37.4 Å². The quantitative estimate of drug-likeness (QED) is 0.704. The van der Waals surface area contributed by atoms with Crippen LogP contribution in [0.5, 0.6) is 0 Å². The second kappa shape index (κ2) is 6.82. The molecule has 5 nitrogen and oxygen atoms in total. The van der Waals surface area contributed by atoms with Crippen LogP contribution in [0.15, 0.2) is 23.4 Å². The van der Waals surface area contributed by atoms with E-state index in [-0.39, 0.29) is 11.2 Å². The second-order valence-corrected chi connectivity index (χ2v) is 8.68. The molecule has 1 aromatic carbocycles. The van der Waals surface area contributed by atoms with Crippen molar-refractivity contribution in [1.82, 2.24) is 14.8 Å². The molecule has 1 aromatic heterocycles. The summed E-state index contributed by atoms with van der Waals surface area (Å²) in [5, 5.41) is 12.9. The number of thioether (sulfide) groups is 1. The first-order chi connectivity index (χ1) is 12.0. The maximum Gasteiger partial charge on any atom is 0.237 e. The smallest absolute Gasteiger partial charge is 0.237 e. The van der Waals surface area contributed by atoms with E-state index in [4.69, 9.17) is 23.2 Å². The van der Waals surface area contributed by atoms with Crippen LogP contribution in [-0.2, 0) is 4.79 Å². The maximum absolute atomic E-state index is 12.6. The standard InChI is InChI=1S/C17H18Cl2N4OS/c1-9(16(24)20-14-12(18)3-2-4-13(14)19)25-17-22-21-15(10-5-6-10)23(17)11-7-8-11/h2-4,9-11H,5-8H2,1H3,(H,20,24)/t9-/m0/s1. The number of aromatic nitrogens is 3. The van der Waals surface area contributed by atoms with E-state index in [2.05, 4.69) is 20.1 Å². The Hall–Kier alpha value is -1.24. The summed E-state index contributed by atoms with van der Waals surface area (Å²) in [4.78, 5) is 12.6. The first-order valence-electron chi connectivity index (χ1n) is 8.41. The van der Waals surface area contributed by atoms with Gasteiger partial charge in [0.25, 0.3) is 0 Å². The van der Waals surface area contributed by atoms with E-state index >= 15 is 0 Å². The Morgan fingerprint density at radius 3 is 2.52 bits per heavy atom. The summed E-state index contributed by atoms with van der Waals surface area (Å²) in [6.45, 7) is 1.85. The number of benzene rings is 1. The van der Waals surface area contributed by atoms with E-state index in [0.717, 1.165) is 11.0 Å². The van der Waals surface area contributed by atoms with Gasteiger partial charge in [-0.2, -0.15) is 0 Å². The molecule has 0 spiro atoms. The monoisotopic (exact) mass is 396 g/mol. The molecule has 0 aliphatic heterocycles. The molecule has 1 atom stereocenters. The molecule has 1 N–H and O–H groups in total. The van der Waals surface area contributed by atoms with Crippen molar-refractivity contribution in [2.75, 3.05) is 5.32 Å². The van der Waals surface area contributed by atoms with Gasteiger partial charge in [-0.15, -0.1) is 10.2 Å². The number of hydrogen-bond acceptors (Lipinski definition) is 4. The number of rotatable bonds is 6. The Labute approximate surface area is 160 Å². The van der Waals surface area contributed by atoms with Crippen LogP contribution in [0.1, 0.15) is 50.4 Å². The van der Waals surface area contributed by atoms with Gasteiger partial charge in [0.05, 0.1) is 21.0 Å². The van der Waals surface area contributed by atoms with Crippen molar-refractivity contribution in [2.24, 2.45) is 0 Å². The van der Waals surface area contributed by atoms with Crippen molar-refractivity contribution < 1.29 is 4.79 Å².